The van der Waals surface area contributed by atoms with E-state index in [1.165, 1.54) is 11.1 Å². The van der Waals surface area contributed by atoms with Gasteiger partial charge in [0.25, 0.3) is 0 Å². The average Bonchev–Trinajstić information content (AvgIpc) is 2.41. The third-order valence-electron chi connectivity index (χ3n) is 2.93. The lowest BCUT2D eigenvalue weighted by Crippen LogP contribution is -2.04. The molecule has 0 aliphatic carbocycles. The van der Waals surface area contributed by atoms with Crippen LogP contribution in [0.2, 0.25) is 0 Å². The molecule has 2 aromatic rings. The number of rotatable bonds is 5. The summed E-state index contributed by atoms with van der Waals surface area (Å²) in [4.78, 5) is 0. The highest BCUT2D eigenvalue weighted by atomic mass is 16.5. The molecule has 2 nitrogen and oxygen atoms in total. The van der Waals surface area contributed by atoms with Gasteiger partial charge >= 0.3 is 0 Å². The summed E-state index contributed by atoms with van der Waals surface area (Å²) in [6, 6.07) is 16.7. The standard InChI is InChI=1S/C16H19NO/c1-13-6-8-14(9-7-13)10-11-17-15-4-3-5-16(12-15)18-2/h3-9,12,17H,10-11H2,1-2H3. The second kappa shape index (κ2) is 6.10. The predicted molar refractivity (Wildman–Crippen MR) is 76.4 cm³/mol. The minimum atomic E-state index is 0.885. The molecule has 0 radical (unpaired) electrons. The van der Waals surface area contributed by atoms with Gasteiger partial charge in [-0.3, -0.25) is 0 Å². The molecule has 0 unspecified atom stereocenters. The third-order valence-corrected chi connectivity index (χ3v) is 2.93. The van der Waals surface area contributed by atoms with E-state index in [-0.39, 0.29) is 0 Å². The SMILES string of the molecule is COc1cccc(NCCc2ccc(C)cc2)c1. The first-order chi connectivity index (χ1) is 8.78. The Balaban J connectivity index is 1.86. The van der Waals surface area contributed by atoms with Crippen LogP contribution in [-0.4, -0.2) is 13.7 Å². The molecule has 0 aliphatic heterocycles. The van der Waals surface area contributed by atoms with Gasteiger partial charge in [-0.2, -0.15) is 0 Å². The number of nitrogens with one attached hydrogen (secondary N) is 1. The summed E-state index contributed by atoms with van der Waals surface area (Å²) in [5, 5.41) is 3.40. The van der Waals surface area contributed by atoms with E-state index in [0.29, 0.717) is 0 Å². The van der Waals surface area contributed by atoms with Crippen molar-refractivity contribution in [2.24, 2.45) is 0 Å². The number of hydrogen-bond acceptors (Lipinski definition) is 2. The lowest BCUT2D eigenvalue weighted by molar-refractivity contribution is 0.415. The number of hydrogen-bond donors (Lipinski definition) is 1. The molecule has 94 valence electrons. The summed E-state index contributed by atoms with van der Waals surface area (Å²) in [5.74, 6) is 0.885. The Labute approximate surface area is 109 Å². The molecule has 0 aromatic heterocycles. The van der Waals surface area contributed by atoms with Crippen LogP contribution in [0.3, 0.4) is 0 Å². The molecule has 2 aromatic carbocycles. The molecule has 2 rings (SSSR count). The van der Waals surface area contributed by atoms with E-state index < -0.39 is 0 Å². The maximum Gasteiger partial charge on any atom is 0.120 e. The largest absolute Gasteiger partial charge is 0.497 e. The zero-order valence-electron chi connectivity index (χ0n) is 10.9. The maximum absolute atomic E-state index is 5.19. The lowest BCUT2D eigenvalue weighted by atomic mass is 10.1. The normalized spacial score (nSPS) is 10.1. The van der Waals surface area contributed by atoms with Crippen molar-refractivity contribution in [3.05, 3.63) is 59.7 Å². The van der Waals surface area contributed by atoms with Gasteiger partial charge < -0.3 is 10.1 Å². The lowest BCUT2D eigenvalue weighted by Gasteiger charge is -2.08. The molecule has 0 saturated carbocycles. The summed E-state index contributed by atoms with van der Waals surface area (Å²) in [5.41, 5.74) is 3.76. The van der Waals surface area contributed by atoms with E-state index in [1.807, 2.05) is 18.2 Å². The van der Waals surface area contributed by atoms with Gasteiger partial charge in [0.2, 0.25) is 0 Å². The second-order valence-electron chi connectivity index (χ2n) is 4.39. The molecule has 0 spiro atoms. The monoisotopic (exact) mass is 241 g/mol. The molecule has 0 heterocycles. The Morgan fingerprint density at radius 1 is 1.06 bits per heavy atom. The summed E-state index contributed by atoms with van der Waals surface area (Å²) in [6.45, 7) is 3.04. The zero-order valence-corrected chi connectivity index (χ0v) is 10.9. The van der Waals surface area contributed by atoms with Crippen LogP contribution in [0.4, 0.5) is 5.69 Å². The van der Waals surface area contributed by atoms with Gasteiger partial charge in [-0.15, -0.1) is 0 Å². The first-order valence-corrected chi connectivity index (χ1v) is 6.21. The van der Waals surface area contributed by atoms with Gasteiger partial charge in [0.15, 0.2) is 0 Å². The topological polar surface area (TPSA) is 21.3 Å². The van der Waals surface area contributed by atoms with E-state index in [1.54, 1.807) is 7.11 Å². The second-order valence-corrected chi connectivity index (χ2v) is 4.39. The van der Waals surface area contributed by atoms with E-state index in [4.69, 9.17) is 4.74 Å². The number of aryl methyl sites for hydroxylation is 1. The highest BCUT2D eigenvalue weighted by Gasteiger charge is 1.96. The average molecular weight is 241 g/mol. The molecule has 0 saturated heterocycles. The molecule has 0 aliphatic rings. The number of anilines is 1. The van der Waals surface area contributed by atoms with Crippen LogP contribution in [0.25, 0.3) is 0 Å². The van der Waals surface area contributed by atoms with Crippen LogP contribution in [0.1, 0.15) is 11.1 Å². The van der Waals surface area contributed by atoms with Crippen molar-refractivity contribution in [2.45, 2.75) is 13.3 Å². The maximum atomic E-state index is 5.19. The van der Waals surface area contributed by atoms with Gasteiger partial charge in [0.05, 0.1) is 7.11 Å². The Kier molecular flexibility index (Phi) is 4.24. The van der Waals surface area contributed by atoms with Crippen LogP contribution in [0.15, 0.2) is 48.5 Å². The zero-order chi connectivity index (χ0) is 12.8. The van der Waals surface area contributed by atoms with Gasteiger partial charge in [-0.25, -0.2) is 0 Å². The van der Waals surface area contributed by atoms with Crippen molar-refractivity contribution in [3.63, 3.8) is 0 Å². The van der Waals surface area contributed by atoms with Gasteiger partial charge in [-0.05, 0) is 31.0 Å². The highest BCUT2D eigenvalue weighted by molar-refractivity contribution is 5.48. The minimum Gasteiger partial charge on any atom is -0.497 e. The smallest absolute Gasteiger partial charge is 0.120 e. The van der Waals surface area contributed by atoms with Crippen LogP contribution in [-0.2, 0) is 6.42 Å². The van der Waals surface area contributed by atoms with Crippen molar-refractivity contribution in [3.8, 4) is 5.75 Å². The van der Waals surface area contributed by atoms with Crippen molar-refractivity contribution in [1.29, 1.82) is 0 Å². The van der Waals surface area contributed by atoms with Crippen molar-refractivity contribution < 1.29 is 4.74 Å². The fourth-order valence-electron chi connectivity index (χ4n) is 1.84. The van der Waals surface area contributed by atoms with Crippen molar-refractivity contribution in [2.75, 3.05) is 19.0 Å². The highest BCUT2D eigenvalue weighted by Crippen LogP contribution is 2.16. The first kappa shape index (κ1) is 12.5. The van der Waals surface area contributed by atoms with Crippen molar-refractivity contribution in [1.82, 2.24) is 0 Å². The summed E-state index contributed by atoms with van der Waals surface area (Å²) >= 11 is 0. The Hall–Kier alpha value is -1.96. The number of benzene rings is 2. The first-order valence-electron chi connectivity index (χ1n) is 6.21. The number of methoxy groups -OCH3 is 1. The molecule has 0 fully saturated rings. The molecule has 1 N–H and O–H groups in total. The van der Waals surface area contributed by atoms with E-state index >= 15 is 0 Å². The Morgan fingerprint density at radius 3 is 2.56 bits per heavy atom. The molecule has 0 atom stereocenters. The van der Waals surface area contributed by atoms with Gasteiger partial charge in [-0.1, -0.05) is 35.9 Å². The van der Waals surface area contributed by atoms with Crippen LogP contribution < -0.4 is 10.1 Å². The Morgan fingerprint density at radius 2 is 1.83 bits per heavy atom. The van der Waals surface area contributed by atoms with Crippen LogP contribution in [0, 0.1) is 6.92 Å². The molecule has 0 bridgehead atoms. The molecule has 2 heteroatoms. The molecule has 18 heavy (non-hydrogen) atoms. The fraction of sp³-hybridized carbons (Fsp3) is 0.250. The van der Waals surface area contributed by atoms with E-state index in [0.717, 1.165) is 24.4 Å². The summed E-state index contributed by atoms with van der Waals surface area (Å²) in [7, 11) is 1.69. The van der Waals surface area contributed by atoms with E-state index in [2.05, 4.69) is 42.6 Å². The van der Waals surface area contributed by atoms with Crippen LogP contribution in [0.5, 0.6) is 5.75 Å². The summed E-state index contributed by atoms with van der Waals surface area (Å²) < 4.78 is 5.19. The van der Waals surface area contributed by atoms with Gasteiger partial charge in [0.1, 0.15) is 5.75 Å². The molecule has 0 amide bonds. The quantitative estimate of drug-likeness (QED) is 0.862. The predicted octanol–water partition coefficient (Wildman–Crippen LogP) is 3.66. The van der Waals surface area contributed by atoms with E-state index in [9.17, 15) is 0 Å². The van der Waals surface area contributed by atoms with Crippen LogP contribution >= 0.6 is 0 Å². The number of ether oxygens (including phenoxy) is 1. The minimum absolute atomic E-state index is 0.885. The molecular weight excluding hydrogens is 222 g/mol. The van der Waals surface area contributed by atoms with Gasteiger partial charge in [0, 0.05) is 18.3 Å². The third kappa shape index (κ3) is 3.52. The van der Waals surface area contributed by atoms with Crippen molar-refractivity contribution >= 4 is 5.69 Å². The molecular formula is C16H19NO. The summed E-state index contributed by atoms with van der Waals surface area (Å²) in [6.07, 6.45) is 1.03. The Bertz CT molecular complexity index is 491. The fourth-order valence-corrected chi connectivity index (χ4v) is 1.84.